The van der Waals surface area contributed by atoms with E-state index in [4.69, 9.17) is 10.00 Å². The van der Waals surface area contributed by atoms with Crippen LogP contribution in [0.25, 0.3) is 0 Å². The summed E-state index contributed by atoms with van der Waals surface area (Å²) in [7, 11) is 1.95. The first kappa shape index (κ1) is 12.6. The van der Waals surface area contributed by atoms with Crippen LogP contribution in [0.1, 0.15) is 29.3 Å². The maximum Gasteiger partial charge on any atom is 0.161 e. The second kappa shape index (κ2) is 5.19. The summed E-state index contributed by atoms with van der Waals surface area (Å²) in [4.78, 5) is 13.7. The van der Waals surface area contributed by atoms with Gasteiger partial charge >= 0.3 is 0 Å². The van der Waals surface area contributed by atoms with Gasteiger partial charge in [-0.15, -0.1) is 0 Å². The Kier molecular flexibility index (Phi) is 3.63. The van der Waals surface area contributed by atoms with Crippen molar-refractivity contribution in [2.45, 2.75) is 19.4 Å². The first-order valence-electron chi connectivity index (χ1n) is 5.99. The lowest BCUT2D eigenvalue weighted by molar-refractivity contribution is 0.101. The Morgan fingerprint density at radius 1 is 1.56 bits per heavy atom. The van der Waals surface area contributed by atoms with E-state index in [2.05, 4.69) is 6.07 Å². The molecule has 94 valence electrons. The van der Waals surface area contributed by atoms with Crippen LogP contribution in [0, 0.1) is 11.3 Å². The minimum Gasteiger partial charge on any atom is -0.379 e. The van der Waals surface area contributed by atoms with Crippen molar-refractivity contribution < 1.29 is 9.53 Å². The van der Waals surface area contributed by atoms with E-state index < -0.39 is 0 Å². The Balaban J connectivity index is 2.39. The minimum atomic E-state index is 0.0141. The zero-order valence-corrected chi connectivity index (χ0v) is 10.6. The van der Waals surface area contributed by atoms with Crippen molar-refractivity contribution in [3.63, 3.8) is 0 Å². The Labute approximate surface area is 107 Å². The van der Waals surface area contributed by atoms with Gasteiger partial charge in [0, 0.05) is 24.9 Å². The van der Waals surface area contributed by atoms with Crippen molar-refractivity contribution in [1.82, 2.24) is 0 Å². The fourth-order valence-electron chi connectivity index (χ4n) is 2.21. The first-order chi connectivity index (χ1) is 8.63. The van der Waals surface area contributed by atoms with Gasteiger partial charge in [0.25, 0.3) is 0 Å². The number of anilines is 1. The Morgan fingerprint density at radius 3 is 2.89 bits per heavy atom. The molecule has 18 heavy (non-hydrogen) atoms. The van der Waals surface area contributed by atoms with E-state index in [1.165, 1.54) is 0 Å². The summed E-state index contributed by atoms with van der Waals surface area (Å²) >= 11 is 0. The number of carbonyl (C=O) groups is 1. The molecule has 1 aromatic rings. The summed E-state index contributed by atoms with van der Waals surface area (Å²) in [5.41, 5.74) is 2.04. The van der Waals surface area contributed by atoms with Crippen molar-refractivity contribution in [3.05, 3.63) is 29.3 Å². The van der Waals surface area contributed by atoms with E-state index in [-0.39, 0.29) is 11.8 Å². The smallest absolute Gasteiger partial charge is 0.161 e. The molecule has 1 heterocycles. The van der Waals surface area contributed by atoms with Crippen LogP contribution in [0.15, 0.2) is 18.2 Å². The van der Waals surface area contributed by atoms with Crippen molar-refractivity contribution in [3.8, 4) is 6.07 Å². The molecule has 1 atom stereocenters. The average molecular weight is 244 g/mol. The van der Waals surface area contributed by atoms with Crippen LogP contribution >= 0.6 is 0 Å². The van der Waals surface area contributed by atoms with Crippen LogP contribution in [0.2, 0.25) is 0 Å². The fraction of sp³-hybridized carbons (Fsp3) is 0.429. The van der Waals surface area contributed by atoms with Gasteiger partial charge in [0.15, 0.2) is 5.78 Å². The number of ether oxygens (including phenoxy) is 1. The molecule has 4 nitrogen and oxygen atoms in total. The number of hydrogen-bond acceptors (Lipinski definition) is 4. The predicted molar refractivity (Wildman–Crippen MR) is 68.8 cm³/mol. The number of ketones is 1. The van der Waals surface area contributed by atoms with Crippen molar-refractivity contribution in [2.75, 3.05) is 25.2 Å². The first-order valence-corrected chi connectivity index (χ1v) is 5.99. The number of nitriles is 1. The Hall–Kier alpha value is -1.86. The van der Waals surface area contributed by atoms with E-state index in [1.807, 2.05) is 11.9 Å². The molecule has 1 unspecified atom stereocenters. The van der Waals surface area contributed by atoms with Crippen LogP contribution in [0.3, 0.4) is 0 Å². The van der Waals surface area contributed by atoms with E-state index >= 15 is 0 Å². The second-order valence-electron chi connectivity index (χ2n) is 4.53. The summed E-state index contributed by atoms with van der Waals surface area (Å²) in [5.74, 6) is 0.0141. The number of benzene rings is 1. The molecular weight excluding hydrogens is 228 g/mol. The summed E-state index contributed by atoms with van der Waals surface area (Å²) in [6, 6.07) is 7.56. The zero-order chi connectivity index (χ0) is 13.1. The van der Waals surface area contributed by atoms with Gasteiger partial charge in [-0.05, 0) is 31.5 Å². The van der Waals surface area contributed by atoms with Gasteiger partial charge in [-0.2, -0.15) is 5.26 Å². The topological polar surface area (TPSA) is 53.3 Å². The van der Waals surface area contributed by atoms with Crippen LogP contribution in [0.5, 0.6) is 0 Å². The number of rotatable bonds is 3. The van der Waals surface area contributed by atoms with Gasteiger partial charge in [0.1, 0.15) is 0 Å². The van der Waals surface area contributed by atoms with Gasteiger partial charge in [0.2, 0.25) is 0 Å². The third-order valence-corrected chi connectivity index (χ3v) is 3.34. The monoisotopic (exact) mass is 244 g/mol. The highest BCUT2D eigenvalue weighted by Crippen LogP contribution is 2.26. The number of Topliss-reactive ketones (excluding diaryl/α,β-unsaturated/α-hetero) is 1. The molecule has 1 saturated heterocycles. The summed E-state index contributed by atoms with van der Waals surface area (Å²) in [6.45, 7) is 2.97. The lowest BCUT2D eigenvalue weighted by Gasteiger charge is -2.27. The largest absolute Gasteiger partial charge is 0.379 e. The molecule has 1 aromatic carbocycles. The van der Waals surface area contributed by atoms with Crippen molar-refractivity contribution in [1.29, 1.82) is 5.26 Å². The Bertz CT molecular complexity index is 499. The van der Waals surface area contributed by atoms with Crippen molar-refractivity contribution in [2.24, 2.45) is 0 Å². The quantitative estimate of drug-likeness (QED) is 0.763. The van der Waals surface area contributed by atoms with Gasteiger partial charge in [-0.25, -0.2) is 0 Å². The molecule has 1 aliphatic rings. The molecular formula is C14H16N2O2. The minimum absolute atomic E-state index is 0.0141. The molecule has 0 N–H and O–H groups in total. The highest BCUT2D eigenvalue weighted by Gasteiger charge is 2.23. The molecule has 0 aromatic heterocycles. The third kappa shape index (κ3) is 2.36. The second-order valence-corrected chi connectivity index (χ2v) is 4.53. The van der Waals surface area contributed by atoms with Crippen LogP contribution in [-0.4, -0.2) is 32.1 Å². The van der Waals surface area contributed by atoms with Gasteiger partial charge < -0.3 is 9.64 Å². The molecule has 0 bridgehead atoms. The van der Waals surface area contributed by atoms with Crippen LogP contribution in [-0.2, 0) is 4.74 Å². The van der Waals surface area contributed by atoms with Crippen LogP contribution < -0.4 is 4.90 Å². The van der Waals surface area contributed by atoms with Gasteiger partial charge in [-0.1, -0.05) is 0 Å². The third-order valence-electron chi connectivity index (χ3n) is 3.34. The average Bonchev–Trinajstić information content (AvgIpc) is 2.90. The summed E-state index contributed by atoms with van der Waals surface area (Å²) in [5, 5.41) is 8.96. The molecule has 0 spiro atoms. The van der Waals surface area contributed by atoms with E-state index in [1.54, 1.807) is 25.1 Å². The molecule has 1 fully saturated rings. The maximum atomic E-state index is 11.6. The Morgan fingerprint density at radius 2 is 2.33 bits per heavy atom. The summed E-state index contributed by atoms with van der Waals surface area (Å²) < 4.78 is 5.37. The lowest BCUT2D eigenvalue weighted by atomic mass is 10.0. The normalized spacial score (nSPS) is 18.4. The number of likely N-dealkylation sites (N-methyl/N-ethyl adjacent to an activating group) is 1. The summed E-state index contributed by atoms with van der Waals surface area (Å²) in [6.07, 6.45) is 0.949. The molecule has 0 amide bonds. The molecule has 2 rings (SSSR count). The number of nitrogens with zero attached hydrogens (tertiary/aromatic N) is 2. The maximum absolute atomic E-state index is 11.6. The predicted octanol–water partition coefficient (Wildman–Crippen LogP) is 1.99. The highest BCUT2D eigenvalue weighted by atomic mass is 16.5. The number of carbonyl (C=O) groups excluding carboxylic acids is 1. The standard InChI is InChI=1S/C14H16N2O2/c1-10(17)13-4-3-11(8-15)7-14(13)16(2)12-5-6-18-9-12/h3-4,7,12H,5-6,9H2,1-2H3. The fourth-order valence-corrected chi connectivity index (χ4v) is 2.21. The van der Waals surface area contributed by atoms with Gasteiger partial charge in [0.05, 0.1) is 24.3 Å². The SMILES string of the molecule is CC(=O)c1ccc(C#N)cc1N(C)C1CCOC1. The molecule has 0 aliphatic carbocycles. The lowest BCUT2D eigenvalue weighted by Crippen LogP contribution is -2.32. The van der Waals surface area contributed by atoms with Crippen molar-refractivity contribution >= 4 is 11.5 Å². The van der Waals surface area contributed by atoms with E-state index in [0.29, 0.717) is 17.7 Å². The van der Waals surface area contributed by atoms with E-state index in [9.17, 15) is 4.79 Å². The number of hydrogen-bond donors (Lipinski definition) is 0. The molecule has 1 aliphatic heterocycles. The molecule has 0 radical (unpaired) electrons. The van der Waals surface area contributed by atoms with E-state index in [0.717, 1.165) is 18.7 Å². The van der Waals surface area contributed by atoms with Crippen LogP contribution in [0.4, 0.5) is 5.69 Å². The zero-order valence-electron chi connectivity index (χ0n) is 10.6. The highest BCUT2D eigenvalue weighted by molar-refractivity contribution is 6.00. The molecule has 4 heteroatoms. The molecule has 0 saturated carbocycles. The van der Waals surface area contributed by atoms with Gasteiger partial charge in [-0.3, -0.25) is 4.79 Å².